The summed E-state index contributed by atoms with van der Waals surface area (Å²) in [6, 6.07) is 9.49. The summed E-state index contributed by atoms with van der Waals surface area (Å²) in [6.07, 6.45) is 3.29. The fourth-order valence-electron chi connectivity index (χ4n) is 1.79. The molecule has 1 aromatic heterocycles. The summed E-state index contributed by atoms with van der Waals surface area (Å²) in [5.74, 6) is 0.761. The van der Waals surface area contributed by atoms with Crippen LogP contribution in [0.4, 0.5) is 0 Å². The van der Waals surface area contributed by atoms with Crippen LogP contribution < -0.4 is 10.1 Å². The number of aliphatic hydroxyl groups excluding tert-OH is 1. The molecule has 0 radical (unpaired) electrons. The van der Waals surface area contributed by atoms with E-state index in [9.17, 15) is 5.11 Å². The maximum absolute atomic E-state index is 10.0. The molecule has 96 valence electrons. The van der Waals surface area contributed by atoms with Gasteiger partial charge < -0.3 is 20.1 Å². The first-order valence-corrected chi connectivity index (χ1v) is 5.94. The topological polar surface area (TPSA) is 57.3 Å². The molecular weight excluding hydrogens is 228 g/mol. The molecule has 0 spiro atoms. The summed E-state index contributed by atoms with van der Waals surface area (Å²) in [6.45, 7) is 1.25. The highest BCUT2D eigenvalue weighted by Crippen LogP contribution is 2.18. The Hall–Kier alpha value is -1.78. The number of H-pyrrole nitrogens is 1. The normalized spacial score (nSPS) is 12.3. The lowest BCUT2D eigenvalue weighted by Crippen LogP contribution is -2.20. The molecule has 0 fully saturated rings. The van der Waals surface area contributed by atoms with Gasteiger partial charge in [-0.2, -0.15) is 0 Å². The molecule has 0 amide bonds. The van der Waals surface area contributed by atoms with Gasteiger partial charge in [-0.05, 0) is 29.3 Å². The predicted octanol–water partition coefficient (Wildman–Crippen LogP) is 1.85. The Morgan fingerprint density at radius 1 is 1.39 bits per heavy atom. The summed E-state index contributed by atoms with van der Waals surface area (Å²) >= 11 is 0. The first-order valence-electron chi connectivity index (χ1n) is 5.94. The molecule has 0 aliphatic carbocycles. The van der Waals surface area contributed by atoms with Crippen molar-refractivity contribution in [3.8, 4) is 5.75 Å². The first-order chi connectivity index (χ1) is 8.79. The number of aromatic nitrogens is 1. The fraction of sp³-hybridized carbons (Fsp3) is 0.286. The van der Waals surface area contributed by atoms with E-state index in [0.717, 1.165) is 17.9 Å². The van der Waals surface area contributed by atoms with E-state index in [1.165, 1.54) is 5.56 Å². The van der Waals surface area contributed by atoms with Crippen molar-refractivity contribution in [2.75, 3.05) is 13.7 Å². The number of aromatic amines is 1. The van der Waals surface area contributed by atoms with Crippen LogP contribution in [0, 0.1) is 0 Å². The van der Waals surface area contributed by atoms with Crippen molar-refractivity contribution >= 4 is 0 Å². The number of methoxy groups -OCH3 is 1. The maximum atomic E-state index is 10.0. The summed E-state index contributed by atoms with van der Waals surface area (Å²) in [5, 5.41) is 13.3. The lowest BCUT2D eigenvalue weighted by molar-refractivity contribution is 0.174. The highest BCUT2D eigenvalue weighted by Gasteiger charge is 2.07. The third-order valence-electron chi connectivity index (χ3n) is 2.81. The van der Waals surface area contributed by atoms with Gasteiger partial charge >= 0.3 is 0 Å². The Morgan fingerprint density at radius 2 is 2.28 bits per heavy atom. The number of benzene rings is 1. The van der Waals surface area contributed by atoms with Gasteiger partial charge in [-0.25, -0.2) is 0 Å². The molecule has 18 heavy (non-hydrogen) atoms. The maximum Gasteiger partial charge on any atom is 0.119 e. The van der Waals surface area contributed by atoms with Crippen molar-refractivity contribution in [3.05, 3.63) is 53.9 Å². The molecule has 3 N–H and O–H groups in total. The Bertz CT molecular complexity index is 468. The van der Waals surface area contributed by atoms with Crippen molar-refractivity contribution in [2.45, 2.75) is 12.6 Å². The second-order valence-electron chi connectivity index (χ2n) is 4.14. The van der Waals surface area contributed by atoms with Gasteiger partial charge in [-0.1, -0.05) is 12.1 Å². The predicted molar refractivity (Wildman–Crippen MR) is 70.5 cm³/mol. The summed E-state index contributed by atoms with van der Waals surface area (Å²) < 4.78 is 5.13. The summed E-state index contributed by atoms with van der Waals surface area (Å²) in [4.78, 5) is 3.00. The van der Waals surface area contributed by atoms with E-state index in [0.29, 0.717) is 6.54 Å². The van der Waals surface area contributed by atoms with Crippen molar-refractivity contribution in [2.24, 2.45) is 0 Å². The smallest absolute Gasteiger partial charge is 0.119 e. The fourth-order valence-corrected chi connectivity index (χ4v) is 1.79. The molecular formula is C14H18N2O2. The minimum absolute atomic E-state index is 0.512. The molecule has 2 aromatic rings. The molecule has 4 nitrogen and oxygen atoms in total. The monoisotopic (exact) mass is 246 g/mol. The van der Waals surface area contributed by atoms with Gasteiger partial charge in [-0.15, -0.1) is 0 Å². The van der Waals surface area contributed by atoms with Crippen LogP contribution in [0.3, 0.4) is 0 Å². The van der Waals surface area contributed by atoms with Crippen LogP contribution in [0.15, 0.2) is 42.7 Å². The molecule has 4 heteroatoms. The molecule has 0 saturated carbocycles. The van der Waals surface area contributed by atoms with E-state index in [4.69, 9.17) is 4.74 Å². The van der Waals surface area contributed by atoms with Crippen LogP contribution in [0.25, 0.3) is 0 Å². The molecule has 1 aromatic carbocycles. The van der Waals surface area contributed by atoms with Crippen LogP contribution in [0.1, 0.15) is 17.2 Å². The largest absolute Gasteiger partial charge is 0.497 e. The third kappa shape index (κ3) is 3.35. The summed E-state index contributed by atoms with van der Waals surface area (Å²) in [7, 11) is 1.62. The van der Waals surface area contributed by atoms with Crippen molar-refractivity contribution in [3.63, 3.8) is 0 Å². The molecule has 0 saturated heterocycles. The minimum atomic E-state index is -0.529. The van der Waals surface area contributed by atoms with Crippen LogP contribution in [0.2, 0.25) is 0 Å². The van der Waals surface area contributed by atoms with E-state index >= 15 is 0 Å². The molecule has 1 atom stereocenters. The van der Waals surface area contributed by atoms with Crippen LogP contribution in [0.5, 0.6) is 5.75 Å². The second-order valence-corrected chi connectivity index (χ2v) is 4.14. The quantitative estimate of drug-likeness (QED) is 0.729. The standard InChI is InChI=1S/C14H18N2O2/c1-18-13-4-2-3-12(7-13)14(17)10-16-9-11-5-6-15-8-11/h2-8,14-17H,9-10H2,1H3. The number of hydrogen-bond donors (Lipinski definition) is 3. The van der Waals surface area contributed by atoms with Crippen molar-refractivity contribution in [1.29, 1.82) is 0 Å². The number of rotatable bonds is 6. The average Bonchev–Trinajstić information content (AvgIpc) is 2.92. The molecule has 1 heterocycles. The third-order valence-corrected chi connectivity index (χ3v) is 2.81. The second kappa shape index (κ2) is 6.23. The van der Waals surface area contributed by atoms with E-state index in [2.05, 4.69) is 10.3 Å². The Balaban J connectivity index is 1.85. The van der Waals surface area contributed by atoms with E-state index in [1.54, 1.807) is 7.11 Å². The molecule has 0 bridgehead atoms. The van der Waals surface area contributed by atoms with E-state index in [-0.39, 0.29) is 0 Å². The Morgan fingerprint density at radius 3 is 3.00 bits per heavy atom. The van der Waals surface area contributed by atoms with Gasteiger partial charge in [0.1, 0.15) is 5.75 Å². The lowest BCUT2D eigenvalue weighted by atomic mass is 10.1. The number of ether oxygens (including phenoxy) is 1. The van der Waals surface area contributed by atoms with Crippen LogP contribution >= 0.6 is 0 Å². The number of aliphatic hydroxyl groups is 1. The average molecular weight is 246 g/mol. The van der Waals surface area contributed by atoms with Gasteiger partial charge in [0.25, 0.3) is 0 Å². The Labute approximate surface area is 107 Å². The molecule has 2 rings (SSSR count). The van der Waals surface area contributed by atoms with E-state index < -0.39 is 6.10 Å². The van der Waals surface area contributed by atoms with E-state index in [1.807, 2.05) is 42.7 Å². The van der Waals surface area contributed by atoms with Gasteiger partial charge in [0.05, 0.1) is 13.2 Å². The highest BCUT2D eigenvalue weighted by molar-refractivity contribution is 5.29. The van der Waals surface area contributed by atoms with Gasteiger partial charge in [0.15, 0.2) is 0 Å². The zero-order valence-electron chi connectivity index (χ0n) is 10.4. The number of hydrogen-bond acceptors (Lipinski definition) is 3. The highest BCUT2D eigenvalue weighted by atomic mass is 16.5. The Kier molecular flexibility index (Phi) is 4.39. The van der Waals surface area contributed by atoms with Crippen LogP contribution in [-0.4, -0.2) is 23.7 Å². The SMILES string of the molecule is COc1cccc(C(O)CNCc2cc[nH]c2)c1. The lowest BCUT2D eigenvalue weighted by Gasteiger charge is -2.12. The van der Waals surface area contributed by atoms with Crippen molar-refractivity contribution in [1.82, 2.24) is 10.3 Å². The minimum Gasteiger partial charge on any atom is -0.497 e. The first kappa shape index (κ1) is 12.7. The van der Waals surface area contributed by atoms with Crippen molar-refractivity contribution < 1.29 is 9.84 Å². The van der Waals surface area contributed by atoms with Gasteiger partial charge in [-0.3, -0.25) is 0 Å². The molecule has 0 aliphatic heterocycles. The molecule has 0 aliphatic rings. The zero-order valence-corrected chi connectivity index (χ0v) is 10.4. The summed E-state index contributed by atoms with van der Waals surface area (Å²) in [5.41, 5.74) is 2.03. The molecule has 1 unspecified atom stereocenters. The number of nitrogens with one attached hydrogen (secondary N) is 2. The van der Waals surface area contributed by atoms with Gasteiger partial charge in [0, 0.05) is 25.5 Å². The zero-order chi connectivity index (χ0) is 12.8. The van der Waals surface area contributed by atoms with Crippen LogP contribution in [-0.2, 0) is 6.54 Å². The van der Waals surface area contributed by atoms with Gasteiger partial charge in [0.2, 0.25) is 0 Å².